The number of benzene rings is 3. The van der Waals surface area contributed by atoms with Gasteiger partial charge in [0, 0.05) is 11.1 Å². The molecule has 0 aliphatic rings. The van der Waals surface area contributed by atoms with Crippen LogP contribution in [-0.2, 0) is 9.53 Å². The van der Waals surface area contributed by atoms with Gasteiger partial charge in [0.1, 0.15) is 5.70 Å². The van der Waals surface area contributed by atoms with Gasteiger partial charge in [-0.25, -0.2) is 9.79 Å². The molecular weight excluding hydrogens is 322 g/mol. The number of rotatable bonds is 5. The van der Waals surface area contributed by atoms with E-state index in [4.69, 9.17) is 4.74 Å². The highest BCUT2D eigenvalue weighted by Crippen LogP contribution is 2.16. The van der Waals surface area contributed by atoms with E-state index in [1.165, 1.54) is 7.11 Å². The van der Waals surface area contributed by atoms with Crippen LogP contribution in [0.4, 0.5) is 0 Å². The lowest BCUT2D eigenvalue weighted by atomic mass is 10.0. The molecular formula is C23H19NO2. The molecule has 3 nitrogen and oxygen atoms in total. The monoisotopic (exact) mass is 341 g/mol. The van der Waals surface area contributed by atoms with Crippen molar-refractivity contribution in [3.63, 3.8) is 0 Å². The van der Waals surface area contributed by atoms with Crippen LogP contribution in [0, 0.1) is 0 Å². The van der Waals surface area contributed by atoms with E-state index in [1.54, 1.807) is 6.08 Å². The van der Waals surface area contributed by atoms with Crippen molar-refractivity contribution in [2.24, 2.45) is 4.99 Å². The Hall–Kier alpha value is -3.46. The lowest BCUT2D eigenvalue weighted by Crippen LogP contribution is -2.09. The largest absolute Gasteiger partial charge is 0.464 e. The van der Waals surface area contributed by atoms with E-state index in [0.717, 1.165) is 22.4 Å². The molecule has 0 fully saturated rings. The summed E-state index contributed by atoms with van der Waals surface area (Å²) in [6.07, 6.45) is 1.73. The van der Waals surface area contributed by atoms with Crippen LogP contribution < -0.4 is 0 Å². The van der Waals surface area contributed by atoms with Gasteiger partial charge in [-0.3, -0.25) is 0 Å². The average molecular weight is 341 g/mol. The van der Waals surface area contributed by atoms with Crippen LogP contribution >= 0.6 is 0 Å². The van der Waals surface area contributed by atoms with E-state index in [9.17, 15) is 4.79 Å². The number of ether oxygens (including phenoxy) is 1. The maximum Gasteiger partial charge on any atom is 0.356 e. The van der Waals surface area contributed by atoms with Gasteiger partial charge in [-0.2, -0.15) is 0 Å². The molecule has 0 aliphatic carbocycles. The molecule has 0 heterocycles. The van der Waals surface area contributed by atoms with Crippen LogP contribution in [0.25, 0.3) is 6.08 Å². The molecule has 3 rings (SSSR count). The predicted molar refractivity (Wildman–Crippen MR) is 105 cm³/mol. The van der Waals surface area contributed by atoms with Gasteiger partial charge < -0.3 is 4.74 Å². The fourth-order valence-electron chi connectivity index (χ4n) is 2.56. The normalized spacial score (nSPS) is 10.9. The Morgan fingerprint density at radius 1 is 0.769 bits per heavy atom. The quantitative estimate of drug-likeness (QED) is 0.382. The maximum absolute atomic E-state index is 12.3. The molecule has 26 heavy (non-hydrogen) atoms. The molecule has 3 aromatic carbocycles. The van der Waals surface area contributed by atoms with Gasteiger partial charge in [0.05, 0.1) is 12.8 Å². The SMILES string of the molecule is COC(=O)C(=Cc1ccccc1)N=C(c1ccccc1)c1ccccc1. The number of carbonyl (C=O) groups excluding carboxylic acids is 1. The second kappa shape index (κ2) is 8.58. The summed E-state index contributed by atoms with van der Waals surface area (Å²) in [6.45, 7) is 0. The number of aliphatic imine (C=N–C) groups is 1. The zero-order chi connectivity index (χ0) is 18.2. The molecule has 0 bridgehead atoms. The fraction of sp³-hybridized carbons (Fsp3) is 0.0435. The molecule has 0 unspecified atom stereocenters. The lowest BCUT2D eigenvalue weighted by Gasteiger charge is -2.09. The Morgan fingerprint density at radius 3 is 1.69 bits per heavy atom. The number of nitrogens with zero attached hydrogens (tertiary/aromatic N) is 1. The Labute approximate surface area is 153 Å². The molecule has 128 valence electrons. The molecule has 0 N–H and O–H groups in total. The van der Waals surface area contributed by atoms with Crippen molar-refractivity contribution in [1.29, 1.82) is 0 Å². The highest BCUT2D eigenvalue weighted by atomic mass is 16.5. The summed E-state index contributed by atoms with van der Waals surface area (Å²) in [5.74, 6) is -0.474. The van der Waals surface area contributed by atoms with Crippen LogP contribution in [0.15, 0.2) is 102 Å². The Bertz CT molecular complexity index is 873. The van der Waals surface area contributed by atoms with E-state index >= 15 is 0 Å². The third-order valence-corrected chi connectivity index (χ3v) is 3.82. The zero-order valence-corrected chi connectivity index (χ0v) is 14.5. The van der Waals surface area contributed by atoms with Gasteiger partial charge in [0.25, 0.3) is 0 Å². The van der Waals surface area contributed by atoms with E-state index in [0.29, 0.717) is 0 Å². The summed E-state index contributed by atoms with van der Waals surface area (Å²) in [7, 11) is 1.36. The minimum atomic E-state index is -0.474. The molecule has 0 saturated carbocycles. The lowest BCUT2D eigenvalue weighted by molar-refractivity contribution is -0.136. The van der Waals surface area contributed by atoms with Crippen LogP contribution in [0.5, 0.6) is 0 Å². The van der Waals surface area contributed by atoms with Crippen LogP contribution in [0.1, 0.15) is 16.7 Å². The maximum atomic E-state index is 12.3. The van der Waals surface area contributed by atoms with Gasteiger partial charge in [0.2, 0.25) is 0 Å². The van der Waals surface area contributed by atoms with Gasteiger partial charge in [0.15, 0.2) is 0 Å². The van der Waals surface area contributed by atoms with Crippen LogP contribution in [-0.4, -0.2) is 18.8 Å². The number of hydrogen-bond acceptors (Lipinski definition) is 3. The Balaban J connectivity index is 2.15. The molecule has 3 heteroatoms. The minimum Gasteiger partial charge on any atom is -0.464 e. The van der Waals surface area contributed by atoms with Crippen LogP contribution in [0.2, 0.25) is 0 Å². The number of carbonyl (C=O) groups is 1. The van der Waals surface area contributed by atoms with Crippen molar-refractivity contribution in [2.75, 3.05) is 7.11 Å². The fourth-order valence-corrected chi connectivity index (χ4v) is 2.56. The third-order valence-electron chi connectivity index (χ3n) is 3.82. The van der Waals surface area contributed by atoms with Gasteiger partial charge >= 0.3 is 5.97 Å². The molecule has 0 atom stereocenters. The van der Waals surface area contributed by atoms with Crippen molar-refractivity contribution >= 4 is 17.8 Å². The topological polar surface area (TPSA) is 38.7 Å². The Morgan fingerprint density at radius 2 is 1.23 bits per heavy atom. The second-order valence-electron chi connectivity index (χ2n) is 5.62. The molecule has 0 aromatic heterocycles. The van der Waals surface area contributed by atoms with Crippen molar-refractivity contribution in [3.8, 4) is 0 Å². The van der Waals surface area contributed by atoms with E-state index in [2.05, 4.69) is 4.99 Å². The van der Waals surface area contributed by atoms with Crippen molar-refractivity contribution in [3.05, 3.63) is 113 Å². The molecule has 0 spiro atoms. The second-order valence-corrected chi connectivity index (χ2v) is 5.62. The average Bonchev–Trinajstić information content (AvgIpc) is 2.72. The van der Waals surface area contributed by atoms with Crippen molar-refractivity contribution < 1.29 is 9.53 Å². The molecule has 3 aromatic rings. The molecule has 0 amide bonds. The molecule has 0 aliphatic heterocycles. The zero-order valence-electron chi connectivity index (χ0n) is 14.5. The summed E-state index contributed by atoms with van der Waals surface area (Å²) < 4.78 is 4.94. The number of hydrogen-bond donors (Lipinski definition) is 0. The summed E-state index contributed by atoms with van der Waals surface area (Å²) >= 11 is 0. The summed E-state index contributed by atoms with van der Waals surface area (Å²) in [5, 5.41) is 0. The standard InChI is InChI=1S/C23H19NO2/c1-26-23(25)21(17-18-11-5-2-6-12-18)24-22(19-13-7-3-8-14-19)20-15-9-4-10-16-20/h2-17H,1H3. The Kier molecular flexibility index (Phi) is 5.73. The van der Waals surface area contributed by atoms with Gasteiger partial charge in [-0.1, -0.05) is 91.0 Å². The molecule has 0 saturated heterocycles. The number of esters is 1. The van der Waals surface area contributed by atoms with E-state index in [-0.39, 0.29) is 5.70 Å². The van der Waals surface area contributed by atoms with E-state index in [1.807, 2.05) is 91.0 Å². The summed E-state index contributed by atoms with van der Waals surface area (Å²) in [4.78, 5) is 17.0. The first-order chi connectivity index (χ1) is 12.8. The van der Waals surface area contributed by atoms with Gasteiger partial charge in [-0.05, 0) is 11.6 Å². The third kappa shape index (κ3) is 4.33. The highest BCUT2D eigenvalue weighted by Gasteiger charge is 2.13. The minimum absolute atomic E-state index is 0.251. The van der Waals surface area contributed by atoms with Crippen molar-refractivity contribution in [2.45, 2.75) is 0 Å². The number of methoxy groups -OCH3 is 1. The first-order valence-electron chi connectivity index (χ1n) is 8.32. The van der Waals surface area contributed by atoms with Gasteiger partial charge in [-0.15, -0.1) is 0 Å². The first-order valence-corrected chi connectivity index (χ1v) is 8.32. The van der Waals surface area contributed by atoms with E-state index < -0.39 is 5.97 Å². The summed E-state index contributed by atoms with van der Waals surface area (Å²) in [6, 6.07) is 29.2. The van der Waals surface area contributed by atoms with Crippen LogP contribution in [0.3, 0.4) is 0 Å². The molecule has 0 radical (unpaired) electrons. The van der Waals surface area contributed by atoms with Crippen molar-refractivity contribution in [1.82, 2.24) is 0 Å². The predicted octanol–water partition coefficient (Wildman–Crippen LogP) is 4.74. The summed E-state index contributed by atoms with van der Waals surface area (Å²) in [5.41, 5.74) is 3.72. The highest BCUT2D eigenvalue weighted by molar-refractivity contribution is 6.15. The first kappa shape index (κ1) is 17.4. The smallest absolute Gasteiger partial charge is 0.356 e.